The van der Waals surface area contributed by atoms with Crippen LogP contribution in [0, 0.1) is 6.92 Å². The Kier molecular flexibility index (Phi) is 6.30. The third-order valence-electron chi connectivity index (χ3n) is 5.80. The lowest BCUT2D eigenvalue weighted by Crippen LogP contribution is -2.46. The summed E-state index contributed by atoms with van der Waals surface area (Å²) in [5.74, 6) is 0. The highest BCUT2D eigenvalue weighted by atomic mass is 16.7. The number of aryl methyl sites for hydroxylation is 1. The van der Waals surface area contributed by atoms with Gasteiger partial charge in [0, 0.05) is 31.9 Å². The summed E-state index contributed by atoms with van der Waals surface area (Å²) in [5, 5.41) is 0. The Balaban J connectivity index is 1.15. The molecule has 148 valence electrons. The standard InChI is InChI=1S/C24H31N3O/c1-20-9-5-6-13-24(20)27-17-15-26(16-18-27)14-8-7-12-22-19-23(25-28-22)21-10-3-2-4-11-21/h2-6,9-11,13,19,22,25H,7-8,12,14-18H2,1H3. The molecular weight excluding hydrogens is 346 g/mol. The number of benzene rings is 2. The molecule has 2 aliphatic heterocycles. The van der Waals surface area contributed by atoms with Gasteiger partial charge in [0.15, 0.2) is 0 Å². The number of piperazine rings is 1. The average molecular weight is 378 g/mol. The van der Waals surface area contributed by atoms with Crippen LogP contribution < -0.4 is 10.4 Å². The van der Waals surface area contributed by atoms with Crippen molar-refractivity contribution in [1.82, 2.24) is 10.4 Å². The van der Waals surface area contributed by atoms with Gasteiger partial charge >= 0.3 is 0 Å². The van der Waals surface area contributed by atoms with Crippen molar-refractivity contribution in [1.29, 1.82) is 0 Å². The molecule has 2 aliphatic rings. The van der Waals surface area contributed by atoms with E-state index in [4.69, 9.17) is 4.84 Å². The van der Waals surface area contributed by atoms with Crippen molar-refractivity contribution in [2.24, 2.45) is 0 Å². The molecule has 1 fully saturated rings. The normalized spacial score (nSPS) is 20.1. The second-order valence-corrected chi connectivity index (χ2v) is 7.82. The SMILES string of the molecule is Cc1ccccc1N1CCN(CCCCC2C=C(c3ccccc3)NO2)CC1. The van der Waals surface area contributed by atoms with Crippen LogP contribution in [0.15, 0.2) is 60.7 Å². The first kappa shape index (κ1) is 19.0. The van der Waals surface area contributed by atoms with Crippen LogP contribution in [0.1, 0.15) is 30.4 Å². The van der Waals surface area contributed by atoms with Gasteiger partial charge in [0.1, 0.15) is 6.10 Å². The molecule has 2 aromatic carbocycles. The maximum atomic E-state index is 5.72. The lowest BCUT2D eigenvalue weighted by Gasteiger charge is -2.36. The van der Waals surface area contributed by atoms with Gasteiger partial charge in [0.25, 0.3) is 0 Å². The molecule has 1 atom stereocenters. The van der Waals surface area contributed by atoms with E-state index >= 15 is 0 Å². The molecule has 4 heteroatoms. The number of hydrogen-bond donors (Lipinski definition) is 1. The number of hydrogen-bond acceptors (Lipinski definition) is 4. The van der Waals surface area contributed by atoms with Crippen molar-refractivity contribution in [3.8, 4) is 0 Å². The largest absolute Gasteiger partial charge is 0.369 e. The van der Waals surface area contributed by atoms with E-state index in [0.717, 1.165) is 38.3 Å². The Morgan fingerprint density at radius 3 is 2.46 bits per heavy atom. The average Bonchev–Trinajstić information content (AvgIpc) is 3.22. The number of nitrogens with zero attached hydrogens (tertiary/aromatic N) is 2. The summed E-state index contributed by atoms with van der Waals surface area (Å²) in [6.45, 7) is 7.98. The highest BCUT2D eigenvalue weighted by molar-refractivity contribution is 5.64. The van der Waals surface area contributed by atoms with Crippen LogP contribution in [0.25, 0.3) is 5.70 Å². The molecule has 2 aromatic rings. The number of anilines is 1. The number of unbranched alkanes of at least 4 members (excludes halogenated alkanes) is 1. The molecule has 0 spiro atoms. The zero-order valence-electron chi connectivity index (χ0n) is 16.8. The maximum Gasteiger partial charge on any atom is 0.106 e. The molecule has 4 nitrogen and oxygen atoms in total. The molecule has 4 rings (SSSR count). The zero-order chi connectivity index (χ0) is 19.2. The Bertz CT molecular complexity index is 781. The zero-order valence-corrected chi connectivity index (χ0v) is 16.8. The van der Waals surface area contributed by atoms with E-state index in [-0.39, 0.29) is 6.10 Å². The molecule has 0 aromatic heterocycles. The van der Waals surface area contributed by atoms with Crippen LogP contribution in [0.5, 0.6) is 0 Å². The van der Waals surface area contributed by atoms with E-state index in [1.165, 1.54) is 36.2 Å². The summed E-state index contributed by atoms with van der Waals surface area (Å²) in [6.07, 6.45) is 5.91. The molecule has 0 saturated carbocycles. The quantitative estimate of drug-likeness (QED) is 0.731. The first-order chi connectivity index (χ1) is 13.8. The minimum atomic E-state index is 0.188. The van der Waals surface area contributed by atoms with Crippen molar-refractivity contribution < 1.29 is 4.84 Å². The minimum absolute atomic E-state index is 0.188. The molecule has 0 aliphatic carbocycles. The summed E-state index contributed by atoms with van der Waals surface area (Å²) in [4.78, 5) is 10.9. The molecule has 1 unspecified atom stereocenters. The predicted molar refractivity (Wildman–Crippen MR) is 116 cm³/mol. The van der Waals surface area contributed by atoms with Gasteiger partial charge in [-0.1, -0.05) is 48.5 Å². The van der Waals surface area contributed by atoms with E-state index in [1.54, 1.807) is 0 Å². The van der Waals surface area contributed by atoms with Crippen LogP contribution >= 0.6 is 0 Å². The Labute approximate surface area is 168 Å². The van der Waals surface area contributed by atoms with Crippen LogP contribution in [0.2, 0.25) is 0 Å². The second-order valence-electron chi connectivity index (χ2n) is 7.82. The number of nitrogens with one attached hydrogen (secondary N) is 1. The second kappa shape index (κ2) is 9.26. The topological polar surface area (TPSA) is 27.7 Å². The van der Waals surface area contributed by atoms with E-state index < -0.39 is 0 Å². The molecule has 28 heavy (non-hydrogen) atoms. The predicted octanol–water partition coefficient (Wildman–Crippen LogP) is 4.23. The summed E-state index contributed by atoms with van der Waals surface area (Å²) in [5.41, 5.74) is 8.15. The van der Waals surface area contributed by atoms with Crippen LogP contribution in [-0.4, -0.2) is 43.7 Å². The van der Waals surface area contributed by atoms with Crippen LogP contribution in [0.4, 0.5) is 5.69 Å². The third-order valence-corrected chi connectivity index (χ3v) is 5.80. The highest BCUT2D eigenvalue weighted by Gasteiger charge is 2.19. The highest BCUT2D eigenvalue weighted by Crippen LogP contribution is 2.22. The van der Waals surface area contributed by atoms with Gasteiger partial charge in [-0.25, -0.2) is 0 Å². The van der Waals surface area contributed by atoms with Gasteiger partial charge in [-0.15, -0.1) is 0 Å². The first-order valence-electron chi connectivity index (χ1n) is 10.5. The number of hydroxylamine groups is 1. The van der Waals surface area contributed by atoms with Gasteiger partial charge in [-0.3, -0.25) is 15.2 Å². The van der Waals surface area contributed by atoms with E-state index in [2.05, 4.69) is 76.8 Å². The Morgan fingerprint density at radius 2 is 1.68 bits per heavy atom. The van der Waals surface area contributed by atoms with Crippen molar-refractivity contribution >= 4 is 11.4 Å². The summed E-state index contributed by atoms with van der Waals surface area (Å²) in [6, 6.07) is 19.1. The van der Waals surface area contributed by atoms with Gasteiger partial charge < -0.3 is 4.90 Å². The smallest absolute Gasteiger partial charge is 0.106 e. The third kappa shape index (κ3) is 4.75. The lowest BCUT2D eigenvalue weighted by molar-refractivity contribution is 0.0449. The van der Waals surface area contributed by atoms with Gasteiger partial charge in [-0.2, -0.15) is 0 Å². The summed E-state index contributed by atoms with van der Waals surface area (Å²) < 4.78 is 0. The van der Waals surface area contributed by atoms with E-state index in [0.29, 0.717) is 0 Å². The molecular formula is C24H31N3O. The van der Waals surface area contributed by atoms with Gasteiger partial charge in [-0.05, 0) is 56.0 Å². The maximum absolute atomic E-state index is 5.72. The fourth-order valence-corrected chi connectivity index (χ4v) is 4.12. The van der Waals surface area contributed by atoms with Crippen molar-refractivity contribution in [2.75, 3.05) is 37.6 Å². The molecule has 0 radical (unpaired) electrons. The Morgan fingerprint density at radius 1 is 0.929 bits per heavy atom. The van der Waals surface area contributed by atoms with E-state index in [9.17, 15) is 0 Å². The molecule has 1 N–H and O–H groups in total. The fraction of sp³-hybridized carbons (Fsp3) is 0.417. The molecule has 1 saturated heterocycles. The van der Waals surface area contributed by atoms with Gasteiger partial charge in [0.2, 0.25) is 0 Å². The minimum Gasteiger partial charge on any atom is -0.369 e. The number of para-hydroxylation sites is 1. The first-order valence-corrected chi connectivity index (χ1v) is 10.5. The molecule has 0 amide bonds. The van der Waals surface area contributed by atoms with Crippen LogP contribution in [0.3, 0.4) is 0 Å². The monoisotopic (exact) mass is 377 g/mol. The number of rotatable bonds is 7. The van der Waals surface area contributed by atoms with Crippen molar-refractivity contribution in [3.05, 3.63) is 71.8 Å². The van der Waals surface area contributed by atoms with Gasteiger partial charge in [0.05, 0.1) is 5.70 Å². The summed E-state index contributed by atoms with van der Waals surface area (Å²) >= 11 is 0. The lowest BCUT2D eigenvalue weighted by atomic mass is 10.1. The van der Waals surface area contributed by atoms with E-state index in [1.807, 2.05) is 6.07 Å². The van der Waals surface area contributed by atoms with Crippen LogP contribution in [-0.2, 0) is 4.84 Å². The van der Waals surface area contributed by atoms with Crippen molar-refractivity contribution in [2.45, 2.75) is 32.3 Å². The fourth-order valence-electron chi connectivity index (χ4n) is 4.12. The summed E-state index contributed by atoms with van der Waals surface area (Å²) in [7, 11) is 0. The Hall–Kier alpha value is -2.30. The molecule has 2 heterocycles. The van der Waals surface area contributed by atoms with Crippen molar-refractivity contribution in [3.63, 3.8) is 0 Å². The molecule has 0 bridgehead atoms.